The highest BCUT2D eigenvalue weighted by Crippen LogP contribution is 2.33. The first-order valence-electron chi connectivity index (χ1n) is 6.66. The third-order valence-electron chi connectivity index (χ3n) is 4.21. The fraction of sp³-hybridized carbons (Fsp3) is 1.00. The minimum absolute atomic E-state index is 0.162. The van der Waals surface area contributed by atoms with Gasteiger partial charge in [-0.1, -0.05) is 33.1 Å². The van der Waals surface area contributed by atoms with E-state index < -0.39 is 0 Å². The minimum atomic E-state index is 0.162. The van der Waals surface area contributed by atoms with E-state index in [1.54, 1.807) is 0 Å². The van der Waals surface area contributed by atoms with Gasteiger partial charge in [0.05, 0.1) is 0 Å². The number of rotatable bonds is 3. The second-order valence-corrected chi connectivity index (χ2v) is 5.94. The Labute approximate surface area is 94.2 Å². The summed E-state index contributed by atoms with van der Waals surface area (Å²) in [6.07, 6.45) is 8.10. The molecule has 1 aliphatic carbocycles. The van der Waals surface area contributed by atoms with Gasteiger partial charge >= 0.3 is 0 Å². The van der Waals surface area contributed by atoms with Gasteiger partial charge in [0.2, 0.25) is 0 Å². The van der Waals surface area contributed by atoms with Crippen LogP contribution in [0.2, 0.25) is 0 Å². The minimum Gasteiger partial charge on any atom is -0.323 e. The van der Waals surface area contributed by atoms with Gasteiger partial charge in [-0.2, -0.15) is 0 Å². The molecule has 0 aromatic heterocycles. The van der Waals surface area contributed by atoms with E-state index in [0.717, 1.165) is 25.0 Å². The Morgan fingerprint density at radius 1 is 1.33 bits per heavy atom. The van der Waals surface area contributed by atoms with Crippen molar-refractivity contribution in [2.45, 2.75) is 64.0 Å². The fourth-order valence-corrected chi connectivity index (χ4v) is 3.41. The summed E-state index contributed by atoms with van der Waals surface area (Å²) in [7, 11) is 0. The molecule has 2 rings (SSSR count). The lowest BCUT2D eigenvalue weighted by molar-refractivity contribution is 0.00252. The predicted molar refractivity (Wildman–Crippen MR) is 64.8 cm³/mol. The summed E-state index contributed by atoms with van der Waals surface area (Å²) >= 11 is 0. The van der Waals surface area contributed by atoms with Crippen LogP contribution < -0.4 is 5.73 Å². The van der Waals surface area contributed by atoms with Crippen LogP contribution in [0.3, 0.4) is 0 Å². The molecular weight excluding hydrogens is 184 g/mol. The monoisotopic (exact) mass is 210 g/mol. The largest absolute Gasteiger partial charge is 0.323 e. The molecule has 2 unspecified atom stereocenters. The van der Waals surface area contributed by atoms with Gasteiger partial charge in [0, 0.05) is 24.7 Å². The van der Waals surface area contributed by atoms with E-state index in [9.17, 15) is 0 Å². The van der Waals surface area contributed by atoms with Crippen molar-refractivity contribution in [2.75, 3.05) is 13.1 Å². The maximum Gasteiger partial charge on any atom is 0.0412 e. The van der Waals surface area contributed by atoms with Gasteiger partial charge in [-0.25, -0.2) is 0 Å². The lowest BCUT2D eigenvalue weighted by Crippen LogP contribution is -2.69. The smallest absolute Gasteiger partial charge is 0.0412 e. The van der Waals surface area contributed by atoms with Crippen molar-refractivity contribution in [1.29, 1.82) is 0 Å². The zero-order chi connectivity index (χ0) is 10.9. The van der Waals surface area contributed by atoms with E-state index >= 15 is 0 Å². The molecule has 15 heavy (non-hydrogen) atoms. The molecule has 1 saturated heterocycles. The zero-order valence-corrected chi connectivity index (χ0v) is 10.3. The summed E-state index contributed by atoms with van der Waals surface area (Å²) in [5, 5.41) is 0. The molecule has 0 aromatic carbocycles. The van der Waals surface area contributed by atoms with Crippen LogP contribution in [0.1, 0.15) is 52.4 Å². The van der Waals surface area contributed by atoms with Crippen LogP contribution in [0.4, 0.5) is 0 Å². The second-order valence-electron chi connectivity index (χ2n) is 5.94. The number of likely N-dealkylation sites (tertiary alicyclic amines) is 1. The average molecular weight is 210 g/mol. The molecule has 2 N–H and O–H groups in total. The van der Waals surface area contributed by atoms with E-state index in [2.05, 4.69) is 18.7 Å². The summed E-state index contributed by atoms with van der Waals surface area (Å²) < 4.78 is 0. The Hall–Kier alpha value is -0.0800. The summed E-state index contributed by atoms with van der Waals surface area (Å²) in [5.41, 5.74) is 6.47. The van der Waals surface area contributed by atoms with Crippen LogP contribution in [0.15, 0.2) is 0 Å². The second kappa shape index (κ2) is 4.42. The van der Waals surface area contributed by atoms with Crippen molar-refractivity contribution in [3.05, 3.63) is 0 Å². The average Bonchev–Trinajstić information content (AvgIpc) is 2.14. The van der Waals surface area contributed by atoms with Gasteiger partial charge < -0.3 is 5.73 Å². The van der Waals surface area contributed by atoms with Crippen molar-refractivity contribution in [3.63, 3.8) is 0 Å². The molecule has 0 spiro atoms. The zero-order valence-electron chi connectivity index (χ0n) is 10.3. The molecule has 0 radical (unpaired) electrons. The maximum atomic E-state index is 6.30. The molecule has 0 amide bonds. The van der Waals surface area contributed by atoms with Gasteiger partial charge in [-0.15, -0.1) is 0 Å². The van der Waals surface area contributed by atoms with E-state index in [1.807, 2.05) is 0 Å². The van der Waals surface area contributed by atoms with Gasteiger partial charge in [-0.05, 0) is 25.2 Å². The Kier molecular flexibility index (Phi) is 3.36. The third-order valence-corrected chi connectivity index (χ3v) is 4.21. The van der Waals surface area contributed by atoms with E-state index in [0.29, 0.717) is 0 Å². The van der Waals surface area contributed by atoms with Crippen LogP contribution in [0.5, 0.6) is 0 Å². The van der Waals surface area contributed by atoms with E-state index in [-0.39, 0.29) is 5.54 Å². The number of hydrogen-bond donors (Lipinski definition) is 1. The van der Waals surface area contributed by atoms with Gasteiger partial charge in [0.15, 0.2) is 0 Å². The topological polar surface area (TPSA) is 29.3 Å². The Morgan fingerprint density at radius 2 is 2.07 bits per heavy atom. The van der Waals surface area contributed by atoms with Crippen LogP contribution in [-0.4, -0.2) is 29.6 Å². The predicted octanol–water partition coefficient (Wildman–Crippen LogP) is 2.38. The number of nitrogens with two attached hydrogens (primary N) is 1. The molecule has 2 heteroatoms. The molecule has 1 saturated carbocycles. The quantitative estimate of drug-likeness (QED) is 0.775. The number of nitrogens with zero attached hydrogens (tertiary/aromatic N) is 1. The molecule has 2 atom stereocenters. The molecule has 88 valence electrons. The first-order valence-corrected chi connectivity index (χ1v) is 6.66. The molecule has 0 bridgehead atoms. The van der Waals surface area contributed by atoms with Crippen molar-refractivity contribution in [3.8, 4) is 0 Å². The summed E-state index contributed by atoms with van der Waals surface area (Å²) in [6.45, 7) is 6.93. The van der Waals surface area contributed by atoms with Crippen LogP contribution >= 0.6 is 0 Å². The van der Waals surface area contributed by atoms with Crippen molar-refractivity contribution in [2.24, 2.45) is 11.7 Å². The standard InChI is InChI=1S/C13H26N2/c1-3-7-13(14)9-15(10-13)12-6-4-5-11(2)8-12/h11-12H,3-10,14H2,1-2H3. The lowest BCUT2D eigenvalue weighted by atomic mass is 9.80. The van der Waals surface area contributed by atoms with Crippen LogP contribution in [-0.2, 0) is 0 Å². The lowest BCUT2D eigenvalue weighted by Gasteiger charge is -2.53. The third kappa shape index (κ3) is 2.54. The molecule has 2 fully saturated rings. The molecule has 0 aromatic rings. The van der Waals surface area contributed by atoms with Crippen molar-refractivity contribution < 1.29 is 0 Å². The summed E-state index contributed by atoms with van der Waals surface area (Å²) in [6, 6.07) is 0.849. The molecule has 2 nitrogen and oxygen atoms in total. The molecule has 2 aliphatic rings. The highest BCUT2D eigenvalue weighted by Gasteiger charge is 2.42. The SMILES string of the molecule is CCCC1(N)CN(C2CCCC(C)C2)C1. The molecule has 1 aliphatic heterocycles. The Bertz CT molecular complexity index is 209. The Balaban J connectivity index is 1.78. The fourth-order valence-electron chi connectivity index (χ4n) is 3.41. The first kappa shape index (κ1) is 11.4. The normalized spacial score (nSPS) is 36.2. The van der Waals surface area contributed by atoms with E-state index in [1.165, 1.54) is 38.5 Å². The van der Waals surface area contributed by atoms with Crippen LogP contribution in [0, 0.1) is 5.92 Å². The summed E-state index contributed by atoms with van der Waals surface area (Å²) in [5.74, 6) is 0.933. The molecule has 1 heterocycles. The van der Waals surface area contributed by atoms with Crippen LogP contribution in [0.25, 0.3) is 0 Å². The highest BCUT2D eigenvalue weighted by atomic mass is 15.3. The maximum absolute atomic E-state index is 6.30. The van der Waals surface area contributed by atoms with Crippen molar-refractivity contribution in [1.82, 2.24) is 4.90 Å². The Morgan fingerprint density at radius 3 is 2.67 bits per heavy atom. The highest BCUT2D eigenvalue weighted by molar-refractivity contribution is 5.02. The van der Waals surface area contributed by atoms with Gasteiger partial charge in [0.1, 0.15) is 0 Å². The molecular formula is C13H26N2. The van der Waals surface area contributed by atoms with Gasteiger partial charge in [-0.3, -0.25) is 4.90 Å². The number of hydrogen-bond acceptors (Lipinski definition) is 2. The first-order chi connectivity index (χ1) is 7.13. The van der Waals surface area contributed by atoms with E-state index in [4.69, 9.17) is 5.73 Å². The van der Waals surface area contributed by atoms with Gasteiger partial charge in [0.25, 0.3) is 0 Å². The van der Waals surface area contributed by atoms with Crippen molar-refractivity contribution >= 4 is 0 Å². The summed E-state index contributed by atoms with van der Waals surface area (Å²) in [4.78, 5) is 2.63.